The second-order valence-corrected chi connectivity index (χ2v) is 5.55. The van der Waals surface area contributed by atoms with Gasteiger partial charge in [-0.2, -0.15) is 0 Å². The molecule has 0 aromatic heterocycles. The molecule has 21 heavy (non-hydrogen) atoms. The Balaban J connectivity index is 2.38. The fourth-order valence-corrected chi connectivity index (χ4v) is 1.78. The van der Waals surface area contributed by atoms with Gasteiger partial charge in [-0.1, -0.05) is 35.4 Å². The lowest BCUT2D eigenvalue weighted by molar-refractivity contribution is -0.138. The maximum Gasteiger partial charge on any atom is 0.320 e. The highest BCUT2D eigenvalue weighted by atomic mass is 16.5. The highest BCUT2D eigenvalue weighted by Crippen LogP contribution is 2.10. The lowest BCUT2D eigenvalue weighted by atomic mass is 10.1. The molecular formula is C17H25NO3. The van der Waals surface area contributed by atoms with E-state index < -0.39 is 12.0 Å². The van der Waals surface area contributed by atoms with Crippen LogP contribution in [-0.2, 0) is 22.6 Å². The molecule has 1 aromatic carbocycles. The summed E-state index contributed by atoms with van der Waals surface area (Å²) in [5, 5.41) is 8.78. The van der Waals surface area contributed by atoms with E-state index in [1.807, 2.05) is 24.3 Å². The van der Waals surface area contributed by atoms with Gasteiger partial charge >= 0.3 is 5.97 Å². The van der Waals surface area contributed by atoms with Gasteiger partial charge < -0.3 is 15.6 Å². The molecule has 0 heterocycles. The van der Waals surface area contributed by atoms with Crippen molar-refractivity contribution in [2.24, 2.45) is 5.73 Å². The van der Waals surface area contributed by atoms with E-state index in [1.54, 1.807) is 0 Å². The molecule has 0 aliphatic heterocycles. The maximum absolute atomic E-state index is 10.7. The van der Waals surface area contributed by atoms with Crippen molar-refractivity contribution >= 4 is 5.97 Å². The summed E-state index contributed by atoms with van der Waals surface area (Å²) < 4.78 is 5.65. The molecule has 1 atom stereocenters. The predicted octanol–water partition coefficient (Wildman–Crippen LogP) is 2.90. The van der Waals surface area contributed by atoms with Gasteiger partial charge in [-0.05, 0) is 44.7 Å². The van der Waals surface area contributed by atoms with E-state index in [-0.39, 0.29) is 0 Å². The summed E-state index contributed by atoms with van der Waals surface area (Å²) in [4.78, 5) is 10.7. The van der Waals surface area contributed by atoms with E-state index in [4.69, 9.17) is 15.6 Å². The smallest absolute Gasteiger partial charge is 0.320 e. The van der Waals surface area contributed by atoms with Crippen molar-refractivity contribution in [1.29, 1.82) is 0 Å². The number of rotatable bonds is 8. The van der Waals surface area contributed by atoms with E-state index in [9.17, 15) is 4.79 Å². The standard InChI is InChI=1S/C17H25NO3/c1-12(2)13(3)8-9-21-11-15-6-4-14(5-7-15)10-16(18)17(19)20/h4-7,16H,8-11,18H2,1-3H3,(H,19,20). The largest absolute Gasteiger partial charge is 0.480 e. The quantitative estimate of drug-likeness (QED) is 0.570. The molecule has 1 unspecified atom stereocenters. The van der Waals surface area contributed by atoms with Crippen LogP contribution in [0.1, 0.15) is 38.3 Å². The molecular weight excluding hydrogens is 266 g/mol. The van der Waals surface area contributed by atoms with Gasteiger partial charge in [0.15, 0.2) is 0 Å². The molecule has 3 N–H and O–H groups in total. The summed E-state index contributed by atoms with van der Waals surface area (Å²) in [7, 11) is 0. The van der Waals surface area contributed by atoms with Crippen molar-refractivity contribution < 1.29 is 14.6 Å². The van der Waals surface area contributed by atoms with E-state index in [0.717, 1.165) is 17.5 Å². The van der Waals surface area contributed by atoms with Crippen LogP contribution in [0.3, 0.4) is 0 Å². The molecule has 0 radical (unpaired) electrons. The number of carbonyl (C=O) groups is 1. The number of allylic oxidation sites excluding steroid dienone is 1. The van der Waals surface area contributed by atoms with E-state index in [0.29, 0.717) is 19.6 Å². The Hall–Kier alpha value is -1.65. The van der Waals surface area contributed by atoms with Gasteiger partial charge in [0, 0.05) is 0 Å². The van der Waals surface area contributed by atoms with Gasteiger partial charge in [-0.3, -0.25) is 4.79 Å². The molecule has 116 valence electrons. The maximum atomic E-state index is 10.7. The van der Waals surface area contributed by atoms with Crippen LogP contribution in [0.2, 0.25) is 0 Å². The first-order chi connectivity index (χ1) is 9.90. The van der Waals surface area contributed by atoms with Crippen molar-refractivity contribution in [2.45, 2.75) is 46.3 Å². The number of carboxylic acids is 1. The van der Waals surface area contributed by atoms with E-state index in [2.05, 4.69) is 20.8 Å². The molecule has 1 aromatic rings. The van der Waals surface area contributed by atoms with Crippen LogP contribution >= 0.6 is 0 Å². The van der Waals surface area contributed by atoms with Gasteiger partial charge in [0.2, 0.25) is 0 Å². The lowest BCUT2D eigenvalue weighted by Gasteiger charge is -2.09. The summed E-state index contributed by atoms with van der Waals surface area (Å²) >= 11 is 0. The first-order valence-corrected chi connectivity index (χ1v) is 7.17. The molecule has 0 spiro atoms. The van der Waals surface area contributed by atoms with Crippen LogP contribution in [0.25, 0.3) is 0 Å². The minimum atomic E-state index is -0.975. The van der Waals surface area contributed by atoms with E-state index >= 15 is 0 Å². The number of hydrogen-bond donors (Lipinski definition) is 2. The highest BCUT2D eigenvalue weighted by Gasteiger charge is 2.11. The number of hydrogen-bond acceptors (Lipinski definition) is 3. The molecule has 1 rings (SSSR count). The van der Waals surface area contributed by atoms with Gasteiger partial charge in [-0.15, -0.1) is 0 Å². The van der Waals surface area contributed by atoms with Crippen LogP contribution in [-0.4, -0.2) is 23.7 Å². The molecule has 0 aliphatic rings. The third-order valence-corrected chi connectivity index (χ3v) is 3.54. The molecule has 4 heteroatoms. The number of nitrogens with two attached hydrogens (primary N) is 1. The first-order valence-electron chi connectivity index (χ1n) is 7.17. The molecule has 0 saturated heterocycles. The summed E-state index contributed by atoms with van der Waals surface area (Å²) in [5.41, 5.74) is 10.2. The molecule has 0 aliphatic carbocycles. The fraction of sp³-hybridized carbons (Fsp3) is 0.471. The third kappa shape index (κ3) is 6.56. The molecule has 4 nitrogen and oxygen atoms in total. The first kappa shape index (κ1) is 17.4. The zero-order valence-electron chi connectivity index (χ0n) is 13.1. The van der Waals surface area contributed by atoms with Crippen LogP contribution in [0, 0.1) is 0 Å². The van der Waals surface area contributed by atoms with Gasteiger partial charge in [0.1, 0.15) is 6.04 Å². The third-order valence-electron chi connectivity index (χ3n) is 3.54. The summed E-state index contributed by atoms with van der Waals surface area (Å²) in [6, 6.07) is 6.88. The van der Waals surface area contributed by atoms with Crippen molar-refractivity contribution in [2.75, 3.05) is 6.61 Å². The summed E-state index contributed by atoms with van der Waals surface area (Å²) in [6.07, 6.45) is 1.30. The Morgan fingerprint density at radius 3 is 2.29 bits per heavy atom. The zero-order valence-corrected chi connectivity index (χ0v) is 13.1. The molecule has 0 bridgehead atoms. The average Bonchev–Trinajstić information content (AvgIpc) is 2.44. The Labute approximate surface area is 126 Å². The Kier molecular flexibility index (Phi) is 7.12. The number of aliphatic carboxylic acids is 1. The summed E-state index contributed by atoms with van der Waals surface area (Å²) in [5.74, 6) is -0.975. The molecule has 0 amide bonds. The molecule has 0 saturated carbocycles. The van der Waals surface area contributed by atoms with Crippen LogP contribution in [0.5, 0.6) is 0 Å². The van der Waals surface area contributed by atoms with Crippen molar-refractivity contribution in [3.63, 3.8) is 0 Å². The van der Waals surface area contributed by atoms with Gasteiger partial charge in [-0.25, -0.2) is 0 Å². The Morgan fingerprint density at radius 1 is 1.19 bits per heavy atom. The van der Waals surface area contributed by atoms with Crippen molar-refractivity contribution in [3.8, 4) is 0 Å². The van der Waals surface area contributed by atoms with Gasteiger partial charge in [0.25, 0.3) is 0 Å². The normalized spacial score (nSPS) is 12.0. The topological polar surface area (TPSA) is 72.5 Å². The minimum absolute atomic E-state index is 0.343. The lowest BCUT2D eigenvalue weighted by Crippen LogP contribution is -2.32. The van der Waals surface area contributed by atoms with Crippen LogP contribution in [0.4, 0.5) is 0 Å². The number of benzene rings is 1. The Bertz CT molecular complexity index is 487. The van der Waals surface area contributed by atoms with Crippen molar-refractivity contribution in [3.05, 3.63) is 46.5 Å². The number of carboxylic acid groups (broad SMARTS) is 1. The summed E-state index contributed by atoms with van der Waals surface area (Å²) in [6.45, 7) is 7.62. The van der Waals surface area contributed by atoms with Crippen LogP contribution < -0.4 is 5.73 Å². The molecule has 0 fully saturated rings. The predicted molar refractivity (Wildman–Crippen MR) is 84.1 cm³/mol. The second-order valence-electron chi connectivity index (χ2n) is 5.55. The number of ether oxygens (including phenoxy) is 1. The minimum Gasteiger partial charge on any atom is -0.480 e. The van der Waals surface area contributed by atoms with Crippen LogP contribution in [0.15, 0.2) is 35.4 Å². The van der Waals surface area contributed by atoms with E-state index in [1.165, 1.54) is 11.1 Å². The fourth-order valence-electron chi connectivity index (χ4n) is 1.78. The van der Waals surface area contributed by atoms with Crippen molar-refractivity contribution in [1.82, 2.24) is 0 Å². The highest BCUT2D eigenvalue weighted by molar-refractivity contribution is 5.73. The second kappa shape index (κ2) is 8.60. The SMILES string of the molecule is CC(C)=C(C)CCOCc1ccc(CC(N)C(=O)O)cc1. The average molecular weight is 291 g/mol. The van der Waals surface area contributed by atoms with Gasteiger partial charge in [0.05, 0.1) is 13.2 Å². The zero-order chi connectivity index (χ0) is 15.8. The monoisotopic (exact) mass is 291 g/mol. The Morgan fingerprint density at radius 2 is 1.76 bits per heavy atom.